The van der Waals surface area contributed by atoms with Crippen molar-refractivity contribution >= 4 is 5.91 Å². The fraction of sp³-hybridized carbons (Fsp3) is 0.353. The Hall–Kier alpha value is -2.84. The molecule has 0 saturated carbocycles. The highest BCUT2D eigenvalue weighted by atomic mass is 19.2. The molecule has 1 aromatic carbocycles. The normalized spacial score (nSPS) is 12.8. The summed E-state index contributed by atoms with van der Waals surface area (Å²) in [6.45, 7) is 0.0333. The molecular formula is C17H16F3N3O3. The largest absolute Gasteiger partial charge is 0.491 e. The third kappa shape index (κ3) is 3.29. The molecule has 2 aromatic rings. The van der Waals surface area contributed by atoms with Gasteiger partial charge in [0.2, 0.25) is 5.82 Å². The minimum Gasteiger partial charge on any atom is -0.491 e. The monoisotopic (exact) mass is 367 g/mol. The van der Waals surface area contributed by atoms with Gasteiger partial charge in [0.1, 0.15) is 0 Å². The molecule has 1 aliphatic carbocycles. The number of nitrogens with zero attached hydrogens (tertiary/aromatic N) is 2. The summed E-state index contributed by atoms with van der Waals surface area (Å²) in [6, 6.07) is 1.99. The standard InChI is InChI=1S/C17H16F3N3O3/c1-26-16-14(19)10(8-11(18)15(16)20)17(25)21-5-6-23-13(24)7-9-3-2-4-12(9)22-23/h7-8H,2-6H2,1H3,(H,21,25). The molecule has 0 aliphatic heterocycles. The van der Waals surface area contributed by atoms with Crippen molar-refractivity contribution in [3.63, 3.8) is 0 Å². The average molecular weight is 367 g/mol. The molecule has 0 radical (unpaired) electrons. The van der Waals surface area contributed by atoms with E-state index in [4.69, 9.17) is 0 Å². The molecule has 1 aliphatic rings. The molecule has 9 heteroatoms. The number of carbonyl (C=O) groups excluding carboxylic acids is 1. The Morgan fingerprint density at radius 3 is 2.77 bits per heavy atom. The van der Waals surface area contributed by atoms with Gasteiger partial charge in [-0.05, 0) is 30.9 Å². The van der Waals surface area contributed by atoms with Crippen LogP contribution in [0.15, 0.2) is 16.9 Å². The summed E-state index contributed by atoms with van der Waals surface area (Å²) >= 11 is 0. The number of aromatic nitrogens is 2. The minimum absolute atomic E-state index is 0.0364. The average Bonchev–Trinajstić information content (AvgIpc) is 3.05. The van der Waals surface area contributed by atoms with Gasteiger partial charge in [-0.1, -0.05) is 0 Å². The zero-order valence-electron chi connectivity index (χ0n) is 13.9. The predicted molar refractivity (Wildman–Crippen MR) is 85.7 cm³/mol. The number of benzene rings is 1. The summed E-state index contributed by atoms with van der Waals surface area (Å²) in [5.41, 5.74) is 0.814. The Morgan fingerprint density at radius 1 is 1.27 bits per heavy atom. The van der Waals surface area contributed by atoms with Crippen molar-refractivity contribution < 1.29 is 22.7 Å². The number of carbonyl (C=O) groups is 1. The first-order valence-corrected chi connectivity index (χ1v) is 8.02. The number of fused-ring (bicyclic) bond motifs is 1. The lowest BCUT2D eigenvalue weighted by Gasteiger charge is -2.11. The lowest BCUT2D eigenvalue weighted by Crippen LogP contribution is -2.33. The lowest BCUT2D eigenvalue weighted by atomic mass is 10.1. The van der Waals surface area contributed by atoms with Crippen molar-refractivity contribution in [2.45, 2.75) is 25.8 Å². The molecular weight excluding hydrogens is 351 g/mol. The van der Waals surface area contributed by atoms with Crippen molar-refractivity contribution in [3.8, 4) is 5.75 Å². The molecule has 0 bridgehead atoms. The van der Waals surface area contributed by atoms with Gasteiger partial charge in [-0.25, -0.2) is 13.5 Å². The molecule has 0 fully saturated rings. The van der Waals surface area contributed by atoms with Crippen LogP contribution in [-0.4, -0.2) is 29.3 Å². The molecule has 0 saturated heterocycles. The van der Waals surface area contributed by atoms with E-state index in [1.165, 1.54) is 10.7 Å². The zero-order valence-corrected chi connectivity index (χ0v) is 13.9. The van der Waals surface area contributed by atoms with Crippen molar-refractivity contribution in [3.05, 3.63) is 56.8 Å². The fourth-order valence-corrected chi connectivity index (χ4v) is 2.90. The number of methoxy groups -OCH3 is 1. The van der Waals surface area contributed by atoms with E-state index in [2.05, 4.69) is 15.2 Å². The second kappa shape index (κ2) is 7.19. The van der Waals surface area contributed by atoms with Crippen LogP contribution in [0, 0.1) is 17.5 Å². The third-order valence-electron chi connectivity index (χ3n) is 4.20. The minimum atomic E-state index is -1.50. The van der Waals surface area contributed by atoms with E-state index >= 15 is 0 Å². The first-order chi connectivity index (χ1) is 12.4. The Bertz CT molecular complexity index is 928. The second-order valence-corrected chi connectivity index (χ2v) is 5.85. The van der Waals surface area contributed by atoms with Crippen LogP contribution in [-0.2, 0) is 19.4 Å². The van der Waals surface area contributed by atoms with Gasteiger partial charge in [0.15, 0.2) is 17.4 Å². The Balaban J connectivity index is 1.71. The van der Waals surface area contributed by atoms with Crippen LogP contribution in [0.1, 0.15) is 28.0 Å². The van der Waals surface area contributed by atoms with E-state index in [0.29, 0.717) is 6.07 Å². The van der Waals surface area contributed by atoms with Gasteiger partial charge in [0, 0.05) is 12.6 Å². The van der Waals surface area contributed by atoms with Gasteiger partial charge in [-0.3, -0.25) is 9.59 Å². The van der Waals surface area contributed by atoms with E-state index < -0.39 is 34.7 Å². The Labute approximate surface area is 146 Å². The Morgan fingerprint density at radius 2 is 2.04 bits per heavy atom. The fourth-order valence-electron chi connectivity index (χ4n) is 2.90. The maximum Gasteiger partial charge on any atom is 0.267 e. The first-order valence-electron chi connectivity index (χ1n) is 8.02. The van der Waals surface area contributed by atoms with Gasteiger partial charge in [0.05, 0.1) is 24.9 Å². The SMILES string of the molecule is COc1c(F)c(F)cc(C(=O)NCCn2nc3c(cc2=O)CCC3)c1F. The van der Waals surface area contributed by atoms with Crippen LogP contribution in [0.5, 0.6) is 5.75 Å². The molecule has 1 aromatic heterocycles. The summed E-state index contributed by atoms with van der Waals surface area (Å²) in [4.78, 5) is 24.0. The Kier molecular flexibility index (Phi) is 4.97. The van der Waals surface area contributed by atoms with E-state index in [0.717, 1.165) is 37.6 Å². The molecule has 1 amide bonds. The van der Waals surface area contributed by atoms with Crippen LogP contribution in [0.25, 0.3) is 0 Å². The molecule has 0 atom stereocenters. The number of rotatable bonds is 5. The molecule has 0 spiro atoms. The van der Waals surface area contributed by atoms with Crippen LogP contribution in [0.2, 0.25) is 0 Å². The van der Waals surface area contributed by atoms with Crippen molar-refractivity contribution in [2.75, 3.05) is 13.7 Å². The zero-order chi connectivity index (χ0) is 18.8. The number of halogens is 3. The lowest BCUT2D eigenvalue weighted by molar-refractivity contribution is 0.0946. The number of amides is 1. The highest BCUT2D eigenvalue weighted by Gasteiger charge is 2.23. The van der Waals surface area contributed by atoms with Crippen molar-refractivity contribution in [2.24, 2.45) is 0 Å². The van der Waals surface area contributed by atoms with E-state index in [-0.39, 0.29) is 18.6 Å². The maximum atomic E-state index is 14.1. The molecule has 1 heterocycles. The van der Waals surface area contributed by atoms with Crippen LogP contribution < -0.4 is 15.6 Å². The first kappa shape index (κ1) is 18.0. The number of nitrogens with one attached hydrogen (secondary N) is 1. The number of hydrogen-bond acceptors (Lipinski definition) is 4. The highest BCUT2D eigenvalue weighted by Crippen LogP contribution is 2.26. The molecule has 26 heavy (non-hydrogen) atoms. The predicted octanol–water partition coefficient (Wildman–Crippen LogP) is 1.59. The highest BCUT2D eigenvalue weighted by molar-refractivity contribution is 5.95. The van der Waals surface area contributed by atoms with Gasteiger partial charge in [-0.15, -0.1) is 0 Å². The van der Waals surface area contributed by atoms with E-state index in [9.17, 15) is 22.8 Å². The van der Waals surface area contributed by atoms with Gasteiger partial charge < -0.3 is 10.1 Å². The van der Waals surface area contributed by atoms with Crippen molar-refractivity contribution in [1.29, 1.82) is 0 Å². The van der Waals surface area contributed by atoms with E-state index in [1.54, 1.807) is 0 Å². The molecule has 3 rings (SSSR count). The third-order valence-corrected chi connectivity index (χ3v) is 4.20. The van der Waals surface area contributed by atoms with E-state index in [1.807, 2.05) is 0 Å². The molecule has 1 N–H and O–H groups in total. The summed E-state index contributed by atoms with van der Waals surface area (Å²) in [6.07, 6.45) is 2.56. The number of hydrogen-bond donors (Lipinski definition) is 1. The van der Waals surface area contributed by atoms with Gasteiger partial charge in [0.25, 0.3) is 11.5 Å². The van der Waals surface area contributed by atoms with Crippen molar-refractivity contribution in [1.82, 2.24) is 15.1 Å². The molecule has 6 nitrogen and oxygen atoms in total. The van der Waals surface area contributed by atoms with Crippen LogP contribution in [0.3, 0.4) is 0 Å². The van der Waals surface area contributed by atoms with Gasteiger partial charge >= 0.3 is 0 Å². The number of ether oxygens (including phenoxy) is 1. The molecule has 138 valence electrons. The second-order valence-electron chi connectivity index (χ2n) is 5.85. The van der Waals surface area contributed by atoms with Crippen LogP contribution in [0.4, 0.5) is 13.2 Å². The summed E-state index contributed by atoms with van der Waals surface area (Å²) < 4.78 is 46.6. The van der Waals surface area contributed by atoms with Gasteiger partial charge in [-0.2, -0.15) is 9.49 Å². The number of aryl methyl sites for hydroxylation is 2. The maximum absolute atomic E-state index is 14.1. The summed E-state index contributed by atoms with van der Waals surface area (Å²) in [5.74, 6) is -6.11. The summed E-state index contributed by atoms with van der Waals surface area (Å²) in [7, 11) is 0.967. The smallest absolute Gasteiger partial charge is 0.267 e. The van der Waals surface area contributed by atoms with Crippen LogP contribution >= 0.6 is 0 Å². The quantitative estimate of drug-likeness (QED) is 0.815. The summed E-state index contributed by atoms with van der Waals surface area (Å²) in [5, 5.41) is 6.60. The molecule has 0 unspecified atom stereocenters. The topological polar surface area (TPSA) is 73.2 Å².